The van der Waals surface area contributed by atoms with Crippen LogP contribution >= 0.6 is 0 Å². The second kappa shape index (κ2) is 11.8. The highest BCUT2D eigenvalue weighted by Crippen LogP contribution is 2.27. The largest absolute Gasteiger partial charge is 0.490 e. The molecule has 8 heteroatoms. The number of aryl methyl sites for hydroxylation is 1. The zero-order chi connectivity index (χ0) is 23.7. The molecule has 0 unspecified atom stereocenters. The average molecular weight is 470 g/mol. The Morgan fingerprint density at radius 3 is 2.61 bits per heavy atom. The smallest absolute Gasteiger partial charge is 0.255 e. The summed E-state index contributed by atoms with van der Waals surface area (Å²) in [5.74, 6) is 0.185. The molecule has 1 N–H and O–H groups in total. The number of hydrazone groups is 1. The maximum atomic E-state index is 13.4. The first kappa shape index (κ1) is 24.7. The second-order valence-corrected chi connectivity index (χ2v) is 10.0. The number of nitrogens with one attached hydrogen (secondary N) is 1. The molecule has 1 amide bonds. The fourth-order valence-corrected chi connectivity index (χ4v) is 5.46. The maximum absolute atomic E-state index is 13.4. The minimum Gasteiger partial charge on any atom is -0.490 e. The molecular formula is C25H31N3O4S. The fourth-order valence-electron chi connectivity index (χ4n) is 3.82. The van der Waals surface area contributed by atoms with Gasteiger partial charge in [0.15, 0.2) is 0 Å². The van der Waals surface area contributed by atoms with Gasteiger partial charge in [-0.3, -0.25) is 4.79 Å². The van der Waals surface area contributed by atoms with E-state index in [9.17, 15) is 13.2 Å². The number of hydrogen-bond donors (Lipinski definition) is 1. The quantitative estimate of drug-likeness (QED) is 0.323. The number of carbonyl (C=O) groups excluding carboxylic acids is 1. The predicted octanol–water partition coefficient (Wildman–Crippen LogP) is 4.03. The van der Waals surface area contributed by atoms with Crippen molar-refractivity contribution in [3.8, 4) is 5.75 Å². The summed E-state index contributed by atoms with van der Waals surface area (Å²) in [4.78, 5) is 12.9. The summed E-state index contributed by atoms with van der Waals surface area (Å²) in [6.45, 7) is 5.64. The van der Waals surface area contributed by atoms with Crippen LogP contribution < -0.4 is 10.2 Å². The van der Waals surface area contributed by atoms with Crippen molar-refractivity contribution >= 4 is 22.1 Å². The number of rotatable bonds is 10. The molecule has 176 valence electrons. The molecule has 0 saturated heterocycles. The van der Waals surface area contributed by atoms with E-state index < -0.39 is 15.9 Å². The van der Waals surface area contributed by atoms with E-state index in [-0.39, 0.29) is 17.5 Å². The van der Waals surface area contributed by atoms with Crippen LogP contribution in [0, 0.1) is 6.92 Å². The molecule has 0 aromatic heterocycles. The van der Waals surface area contributed by atoms with Gasteiger partial charge in [0, 0.05) is 6.04 Å². The number of carbonyl (C=O) groups is 1. The van der Waals surface area contributed by atoms with Gasteiger partial charge in [0.25, 0.3) is 5.91 Å². The van der Waals surface area contributed by atoms with Gasteiger partial charge in [-0.2, -0.15) is 9.41 Å². The first-order valence-electron chi connectivity index (χ1n) is 11.1. The zero-order valence-electron chi connectivity index (χ0n) is 18.9. The number of benzene rings is 2. The molecule has 1 saturated carbocycles. The van der Waals surface area contributed by atoms with Crippen LogP contribution in [0.1, 0.15) is 43.2 Å². The van der Waals surface area contributed by atoms with E-state index >= 15 is 0 Å². The Bertz CT molecular complexity index is 1080. The molecule has 0 spiro atoms. The summed E-state index contributed by atoms with van der Waals surface area (Å²) in [5.41, 5.74) is 4.18. The minimum atomic E-state index is -3.81. The lowest BCUT2D eigenvalue weighted by Gasteiger charge is -2.32. The third-order valence-corrected chi connectivity index (χ3v) is 7.45. The van der Waals surface area contributed by atoms with E-state index in [0.29, 0.717) is 12.4 Å². The first-order valence-corrected chi connectivity index (χ1v) is 12.6. The lowest BCUT2D eigenvalue weighted by Crippen LogP contribution is -2.46. The lowest BCUT2D eigenvalue weighted by atomic mass is 9.95. The van der Waals surface area contributed by atoms with Gasteiger partial charge >= 0.3 is 0 Å². The van der Waals surface area contributed by atoms with Crippen LogP contribution in [0.15, 0.2) is 71.2 Å². The summed E-state index contributed by atoms with van der Waals surface area (Å²) < 4.78 is 33.6. The fraction of sp³-hybridized carbons (Fsp3) is 0.360. The van der Waals surface area contributed by atoms with Crippen LogP contribution in [0.2, 0.25) is 0 Å². The normalized spacial score (nSPS) is 15.0. The van der Waals surface area contributed by atoms with Crippen LogP contribution in [0.25, 0.3) is 0 Å². The second-order valence-electron chi connectivity index (χ2n) is 8.12. The number of hydrogen-bond acceptors (Lipinski definition) is 5. The van der Waals surface area contributed by atoms with E-state index in [2.05, 4.69) is 17.1 Å². The third kappa shape index (κ3) is 7.00. The summed E-state index contributed by atoms with van der Waals surface area (Å²) >= 11 is 0. The SMILES string of the molecule is C=CCOc1cccc(/C=N\NC(=O)CN(C2CCCCC2)S(=O)(=O)c2ccc(C)cc2)c1. The van der Waals surface area contributed by atoms with E-state index in [1.54, 1.807) is 36.4 Å². The van der Waals surface area contributed by atoms with Crippen molar-refractivity contribution in [1.82, 2.24) is 9.73 Å². The molecule has 2 aromatic rings. The molecular weight excluding hydrogens is 438 g/mol. The van der Waals surface area contributed by atoms with Gasteiger partial charge in [-0.05, 0) is 49.6 Å². The Morgan fingerprint density at radius 1 is 1.18 bits per heavy atom. The number of sulfonamides is 1. The molecule has 1 aliphatic carbocycles. The first-order chi connectivity index (χ1) is 15.9. The van der Waals surface area contributed by atoms with Crippen LogP contribution in [-0.2, 0) is 14.8 Å². The van der Waals surface area contributed by atoms with E-state index in [0.717, 1.165) is 43.2 Å². The van der Waals surface area contributed by atoms with Crippen molar-refractivity contribution in [2.45, 2.75) is 50.0 Å². The minimum absolute atomic E-state index is 0.196. The maximum Gasteiger partial charge on any atom is 0.255 e. The molecule has 3 rings (SSSR count). The molecule has 0 bridgehead atoms. The van der Waals surface area contributed by atoms with Crippen molar-refractivity contribution in [2.75, 3.05) is 13.2 Å². The molecule has 7 nitrogen and oxygen atoms in total. The molecule has 0 radical (unpaired) electrons. The average Bonchev–Trinajstić information content (AvgIpc) is 2.82. The predicted molar refractivity (Wildman–Crippen MR) is 130 cm³/mol. The van der Waals surface area contributed by atoms with Gasteiger partial charge in [0.1, 0.15) is 12.4 Å². The molecule has 0 atom stereocenters. The van der Waals surface area contributed by atoms with Crippen LogP contribution in [0.4, 0.5) is 0 Å². The van der Waals surface area contributed by atoms with E-state index in [4.69, 9.17) is 4.74 Å². The lowest BCUT2D eigenvalue weighted by molar-refractivity contribution is -0.121. The van der Waals surface area contributed by atoms with Crippen LogP contribution in [0.5, 0.6) is 5.75 Å². The van der Waals surface area contributed by atoms with Crippen molar-refractivity contribution in [2.24, 2.45) is 5.10 Å². The van der Waals surface area contributed by atoms with E-state index in [1.807, 2.05) is 25.1 Å². The van der Waals surface area contributed by atoms with Crippen LogP contribution in [-0.4, -0.2) is 44.0 Å². The Kier molecular flexibility index (Phi) is 8.79. The monoisotopic (exact) mass is 469 g/mol. The third-order valence-electron chi connectivity index (χ3n) is 5.54. The van der Waals surface area contributed by atoms with Gasteiger partial charge in [-0.1, -0.05) is 61.7 Å². The molecule has 0 heterocycles. The Morgan fingerprint density at radius 2 is 1.91 bits per heavy atom. The number of nitrogens with zero attached hydrogens (tertiary/aromatic N) is 2. The van der Waals surface area contributed by atoms with Gasteiger partial charge < -0.3 is 4.74 Å². The highest BCUT2D eigenvalue weighted by molar-refractivity contribution is 7.89. The van der Waals surface area contributed by atoms with Crippen LogP contribution in [0.3, 0.4) is 0 Å². The Labute approximate surface area is 196 Å². The number of ether oxygens (including phenoxy) is 1. The Balaban J connectivity index is 1.70. The van der Waals surface area contributed by atoms with Gasteiger partial charge in [0.2, 0.25) is 10.0 Å². The highest BCUT2D eigenvalue weighted by atomic mass is 32.2. The molecule has 2 aromatic carbocycles. The van der Waals surface area contributed by atoms with Gasteiger partial charge in [-0.25, -0.2) is 13.8 Å². The van der Waals surface area contributed by atoms with Gasteiger partial charge in [-0.15, -0.1) is 0 Å². The molecule has 1 fully saturated rings. The molecule has 33 heavy (non-hydrogen) atoms. The van der Waals surface area contributed by atoms with Crippen molar-refractivity contribution in [3.63, 3.8) is 0 Å². The summed E-state index contributed by atoms with van der Waals surface area (Å²) in [6.07, 6.45) is 7.64. The summed E-state index contributed by atoms with van der Waals surface area (Å²) in [6, 6.07) is 13.8. The number of amides is 1. The summed E-state index contributed by atoms with van der Waals surface area (Å²) in [5, 5.41) is 4.01. The highest BCUT2D eigenvalue weighted by Gasteiger charge is 2.33. The van der Waals surface area contributed by atoms with Crippen molar-refractivity contribution in [3.05, 3.63) is 72.3 Å². The molecule has 1 aliphatic rings. The van der Waals surface area contributed by atoms with Crippen molar-refractivity contribution < 1.29 is 17.9 Å². The summed E-state index contributed by atoms with van der Waals surface area (Å²) in [7, 11) is -3.81. The zero-order valence-corrected chi connectivity index (χ0v) is 19.8. The van der Waals surface area contributed by atoms with Crippen molar-refractivity contribution in [1.29, 1.82) is 0 Å². The van der Waals surface area contributed by atoms with E-state index in [1.165, 1.54) is 10.5 Å². The standard InChI is InChI=1S/C25H31N3O4S/c1-3-16-32-23-11-7-8-21(17-23)18-26-27-25(29)19-28(22-9-5-4-6-10-22)33(30,31)24-14-12-20(2)13-15-24/h3,7-8,11-15,17-18,22H,1,4-6,9-10,16,19H2,2H3,(H,27,29)/b26-18-. The Hall–Kier alpha value is -2.97. The van der Waals surface area contributed by atoms with Gasteiger partial charge in [0.05, 0.1) is 17.7 Å². The molecule has 0 aliphatic heterocycles. The topological polar surface area (TPSA) is 88.1 Å².